The highest BCUT2D eigenvalue weighted by Gasteiger charge is 2.30. The number of rotatable bonds is 2. The molecule has 4 heteroatoms. The lowest BCUT2D eigenvalue weighted by Gasteiger charge is -2.25. The second kappa shape index (κ2) is 5.67. The monoisotopic (exact) mass is 295 g/mol. The van der Waals surface area contributed by atoms with Gasteiger partial charge >= 0.3 is 0 Å². The van der Waals surface area contributed by atoms with E-state index in [1.54, 1.807) is 6.20 Å². The maximum atomic E-state index is 12.5. The van der Waals surface area contributed by atoms with Crippen LogP contribution >= 0.6 is 0 Å². The van der Waals surface area contributed by atoms with Crippen LogP contribution in [0.1, 0.15) is 67.0 Å². The van der Waals surface area contributed by atoms with Crippen molar-refractivity contribution in [1.29, 1.82) is 0 Å². The number of carbonyl (C=O) groups excluding carboxylic acids is 1. The first-order valence-corrected chi connectivity index (χ1v) is 8.39. The Kier molecular flexibility index (Phi) is 3.53. The lowest BCUT2D eigenvalue weighted by atomic mass is 9.91. The molecule has 0 aromatic carbocycles. The van der Waals surface area contributed by atoms with Crippen molar-refractivity contribution in [2.45, 2.75) is 57.4 Å². The highest BCUT2D eigenvalue weighted by molar-refractivity contribution is 6.03. The van der Waals surface area contributed by atoms with Crippen molar-refractivity contribution >= 4 is 5.78 Å². The first-order chi connectivity index (χ1) is 10.8. The summed E-state index contributed by atoms with van der Waals surface area (Å²) in [5, 5.41) is 4.89. The highest BCUT2D eigenvalue weighted by Crippen LogP contribution is 2.36. The van der Waals surface area contributed by atoms with Crippen LogP contribution in [0, 0.1) is 0 Å². The van der Waals surface area contributed by atoms with Gasteiger partial charge in [0.2, 0.25) is 0 Å². The van der Waals surface area contributed by atoms with Crippen molar-refractivity contribution in [3.05, 3.63) is 35.8 Å². The summed E-state index contributed by atoms with van der Waals surface area (Å²) in [6, 6.07) is 4.39. The summed E-state index contributed by atoms with van der Waals surface area (Å²) in [4.78, 5) is 16.7. The second-order valence-electron chi connectivity index (χ2n) is 6.43. The standard InChI is InChI=1S/C18H21N3O/c22-16-10-4-9-15-17(16)18(13-6-5-11-19-12-13)20-21(15)14-7-2-1-3-8-14/h5-6,11-12,14H,1-4,7-10H2. The maximum absolute atomic E-state index is 12.5. The molecule has 0 bridgehead atoms. The van der Waals surface area contributed by atoms with Crippen molar-refractivity contribution < 1.29 is 4.79 Å². The van der Waals surface area contributed by atoms with Gasteiger partial charge in [0.25, 0.3) is 0 Å². The summed E-state index contributed by atoms with van der Waals surface area (Å²) in [5.74, 6) is 0.252. The molecule has 0 amide bonds. The van der Waals surface area contributed by atoms with Gasteiger partial charge in [0.1, 0.15) is 5.69 Å². The lowest BCUT2D eigenvalue weighted by molar-refractivity contribution is 0.0972. The molecule has 2 heterocycles. The fourth-order valence-electron chi connectivity index (χ4n) is 3.88. The zero-order valence-electron chi connectivity index (χ0n) is 12.8. The summed E-state index contributed by atoms with van der Waals surface area (Å²) in [6.07, 6.45) is 12.4. The van der Waals surface area contributed by atoms with E-state index in [9.17, 15) is 4.79 Å². The maximum Gasteiger partial charge on any atom is 0.166 e. The number of aromatic nitrogens is 3. The minimum atomic E-state index is 0.252. The average Bonchev–Trinajstić information content (AvgIpc) is 2.98. The largest absolute Gasteiger partial charge is 0.294 e. The topological polar surface area (TPSA) is 47.8 Å². The van der Waals surface area contributed by atoms with Crippen molar-refractivity contribution in [2.75, 3.05) is 0 Å². The third-order valence-electron chi connectivity index (χ3n) is 4.96. The molecule has 0 unspecified atom stereocenters. The number of hydrogen-bond acceptors (Lipinski definition) is 3. The van der Waals surface area contributed by atoms with Gasteiger partial charge in [0.05, 0.1) is 17.3 Å². The molecule has 2 aliphatic carbocycles. The van der Waals surface area contributed by atoms with Crippen LogP contribution in [0.3, 0.4) is 0 Å². The predicted octanol–water partition coefficient (Wildman–Crippen LogP) is 3.97. The Balaban J connectivity index is 1.84. The van der Waals surface area contributed by atoms with Gasteiger partial charge < -0.3 is 0 Å². The Bertz CT molecular complexity index is 684. The molecule has 2 aliphatic rings. The number of Topliss-reactive ketones (excluding diaryl/α,β-unsaturated/α-hetero) is 1. The average molecular weight is 295 g/mol. The van der Waals surface area contributed by atoms with Gasteiger partial charge in [0.15, 0.2) is 5.78 Å². The summed E-state index contributed by atoms with van der Waals surface area (Å²) >= 11 is 0. The first kappa shape index (κ1) is 13.7. The molecule has 4 rings (SSSR count). The SMILES string of the molecule is O=C1CCCc2c1c(-c1cccnc1)nn2C1CCCCC1. The summed E-state index contributed by atoms with van der Waals surface area (Å²) in [5.41, 5.74) is 3.84. The number of carbonyl (C=O) groups is 1. The van der Waals surface area contributed by atoms with Crippen molar-refractivity contribution in [2.24, 2.45) is 0 Å². The van der Waals surface area contributed by atoms with Gasteiger partial charge in [0, 0.05) is 24.4 Å². The van der Waals surface area contributed by atoms with Gasteiger partial charge in [-0.3, -0.25) is 14.5 Å². The third kappa shape index (κ3) is 2.27. The molecule has 0 atom stereocenters. The van der Waals surface area contributed by atoms with Crippen LogP contribution in [0.15, 0.2) is 24.5 Å². The molecule has 22 heavy (non-hydrogen) atoms. The van der Waals surface area contributed by atoms with Crippen LogP contribution in [0.2, 0.25) is 0 Å². The fraction of sp³-hybridized carbons (Fsp3) is 0.500. The molecule has 2 aromatic rings. The molecule has 4 nitrogen and oxygen atoms in total. The van der Waals surface area contributed by atoms with Crippen LogP contribution in [-0.4, -0.2) is 20.5 Å². The van der Waals surface area contributed by atoms with E-state index in [4.69, 9.17) is 5.10 Å². The number of nitrogens with zero attached hydrogens (tertiary/aromatic N) is 3. The van der Waals surface area contributed by atoms with E-state index >= 15 is 0 Å². The molecule has 0 spiro atoms. The summed E-state index contributed by atoms with van der Waals surface area (Å²) in [6.45, 7) is 0. The first-order valence-electron chi connectivity index (χ1n) is 8.39. The zero-order valence-corrected chi connectivity index (χ0v) is 12.8. The summed E-state index contributed by atoms with van der Waals surface area (Å²) < 4.78 is 2.19. The minimum absolute atomic E-state index is 0.252. The van der Waals surface area contributed by atoms with E-state index in [2.05, 4.69) is 9.67 Å². The Labute approximate surface area is 130 Å². The molecule has 0 saturated heterocycles. The number of fused-ring (bicyclic) bond motifs is 1. The van der Waals surface area contributed by atoms with Gasteiger partial charge in [-0.1, -0.05) is 19.3 Å². The molecule has 1 fully saturated rings. The van der Waals surface area contributed by atoms with Crippen LogP contribution in [0.25, 0.3) is 11.3 Å². The molecule has 0 radical (unpaired) electrons. The number of hydrogen-bond donors (Lipinski definition) is 0. The van der Waals surface area contributed by atoms with E-state index in [1.165, 1.54) is 37.8 Å². The van der Waals surface area contributed by atoms with Gasteiger partial charge in [-0.2, -0.15) is 5.10 Å². The van der Waals surface area contributed by atoms with Gasteiger partial charge in [-0.15, -0.1) is 0 Å². The lowest BCUT2D eigenvalue weighted by Crippen LogP contribution is -2.19. The van der Waals surface area contributed by atoms with E-state index < -0.39 is 0 Å². The Hall–Kier alpha value is -1.97. The molecular weight excluding hydrogens is 274 g/mol. The highest BCUT2D eigenvalue weighted by atomic mass is 16.1. The summed E-state index contributed by atoms with van der Waals surface area (Å²) in [7, 11) is 0. The predicted molar refractivity (Wildman–Crippen MR) is 84.8 cm³/mol. The van der Waals surface area contributed by atoms with Crippen molar-refractivity contribution in [1.82, 2.24) is 14.8 Å². The smallest absolute Gasteiger partial charge is 0.166 e. The normalized spacial score (nSPS) is 19.2. The van der Waals surface area contributed by atoms with E-state index in [1.807, 2.05) is 18.3 Å². The van der Waals surface area contributed by atoms with Crippen LogP contribution in [0.5, 0.6) is 0 Å². The van der Waals surface area contributed by atoms with Gasteiger partial charge in [-0.05, 0) is 37.8 Å². The molecule has 2 aromatic heterocycles. The Morgan fingerprint density at radius 2 is 1.95 bits per heavy atom. The molecular formula is C18H21N3O. The van der Waals surface area contributed by atoms with Crippen LogP contribution in [0.4, 0.5) is 0 Å². The molecule has 114 valence electrons. The van der Waals surface area contributed by atoms with E-state index in [0.29, 0.717) is 12.5 Å². The van der Waals surface area contributed by atoms with Crippen molar-refractivity contribution in [3.63, 3.8) is 0 Å². The Morgan fingerprint density at radius 1 is 1.09 bits per heavy atom. The Morgan fingerprint density at radius 3 is 2.73 bits per heavy atom. The van der Waals surface area contributed by atoms with Crippen LogP contribution < -0.4 is 0 Å². The van der Waals surface area contributed by atoms with Crippen LogP contribution in [-0.2, 0) is 6.42 Å². The van der Waals surface area contributed by atoms with E-state index in [0.717, 1.165) is 29.7 Å². The molecule has 0 aliphatic heterocycles. The number of ketones is 1. The quantitative estimate of drug-likeness (QED) is 0.842. The molecule has 0 N–H and O–H groups in total. The van der Waals surface area contributed by atoms with Gasteiger partial charge in [-0.25, -0.2) is 0 Å². The molecule has 1 saturated carbocycles. The van der Waals surface area contributed by atoms with E-state index in [-0.39, 0.29) is 5.78 Å². The van der Waals surface area contributed by atoms with Crippen molar-refractivity contribution in [3.8, 4) is 11.3 Å². The second-order valence-corrected chi connectivity index (χ2v) is 6.43. The fourth-order valence-corrected chi connectivity index (χ4v) is 3.88. The third-order valence-corrected chi connectivity index (χ3v) is 4.96. The minimum Gasteiger partial charge on any atom is -0.294 e. The number of pyridine rings is 1. The zero-order chi connectivity index (χ0) is 14.9.